The Labute approximate surface area is 102 Å². The van der Waals surface area contributed by atoms with Gasteiger partial charge in [-0.15, -0.1) is 0 Å². The summed E-state index contributed by atoms with van der Waals surface area (Å²) in [7, 11) is 0. The minimum absolute atomic E-state index is 0.0396. The van der Waals surface area contributed by atoms with Gasteiger partial charge in [0.05, 0.1) is 12.5 Å². The van der Waals surface area contributed by atoms with E-state index < -0.39 is 5.97 Å². The van der Waals surface area contributed by atoms with Crippen molar-refractivity contribution in [3.05, 3.63) is 0 Å². The topological polar surface area (TPSA) is 66.8 Å². The molecule has 0 aromatic rings. The van der Waals surface area contributed by atoms with Gasteiger partial charge < -0.3 is 14.7 Å². The van der Waals surface area contributed by atoms with Crippen LogP contribution in [-0.2, 0) is 14.3 Å². The zero-order valence-electron chi connectivity index (χ0n) is 10.5. The Bertz CT molecular complexity index is 272. The van der Waals surface area contributed by atoms with Crippen LogP contribution in [0.5, 0.6) is 0 Å². The molecule has 0 spiro atoms. The maximum atomic E-state index is 12.2. The Kier molecular flexibility index (Phi) is 5.41. The van der Waals surface area contributed by atoms with Gasteiger partial charge in [0.2, 0.25) is 5.91 Å². The van der Waals surface area contributed by atoms with Gasteiger partial charge in [-0.05, 0) is 26.7 Å². The number of hydrogen-bond acceptors (Lipinski definition) is 3. The van der Waals surface area contributed by atoms with E-state index in [0.29, 0.717) is 26.2 Å². The molecule has 0 aliphatic carbocycles. The second kappa shape index (κ2) is 6.59. The number of ether oxygens (including phenoxy) is 1. The number of carbonyl (C=O) groups excluding carboxylic acids is 1. The molecule has 0 radical (unpaired) electrons. The Morgan fingerprint density at radius 1 is 1.47 bits per heavy atom. The minimum Gasteiger partial charge on any atom is -0.481 e. The van der Waals surface area contributed by atoms with Gasteiger partial charge in [-0.3, -0.25) is 9.59 Å². The summed E-state index contributed by atoms with van der Waals surface area (Å²) < 4.78 is 5.21. The number of nitrogens with zero attached hydrogens (tertiary/aromatic N) is 1. The molecule has 98 valence electrons. The smallest absolute Gasteiger partial charge is 0.303 e. The molecule has 0 saturated carbocycles. The van der Waals surface area contributed by atoms with Gasteiger partial charge in [0, 0.05) is 25.6 Å². The molecule has 1 heterocycles. The average molecular weight is 243 g/mol. The molecule has 1 rings (SSSR count). The molecule has 1 atom stereocenters. The van der Waals surface area contributed by atoms with Crippen molar-refractivity contribution >= 4 is 11.9 Å². The van der Waals surface area contributed by atoms with Crippen LogP contribution in [0.3, 0.4) is 0 Å². The molecule has 0 aromatic heterocycles. The second-order valence-corrected chi connectivity index (χ2v) is 4.68. The molecule has 1 saturated heterocycles. The minimum atomic E-state index is -0.814. The quantitative estimate of drug-likeness (QED) is 0.759. The summed E-state index contributed by atoms with van der Waals surface area (Å²) in [4.78, 5) is 24.4. The van der Waals surface area contributed by atoms with E-state index in [-0.39, 0.29) is 24.3 Å². The van der Waals surface area contributed by atoms with E-state index in [0.717, 1.165) is 6.42 Å². The van der Waals surface area contributed by atoms with Crippen molar-refractivity contribution in [2.24, 2.45) is 5.92 Å². The van der Waals surface area contributed by atoms with E-state index in [1.54, 1.807) is 4.90 Å². The van der Waals surface area contributed by atoms with Crippen molar-refractivity contribution < 1.29 is 19.4 Å². The van der Waals surface area contributed by atoms with Gasteiger partial charge in [-0.2, -0.15) is 0 Å². The van der Waals surface area contributed by atoms with Crippen molar-refractivity contribution in [2.45, 2.75) is 39.2 Å². The third-order valence-electron chi connectivity index (χ3n) is 2.98. The van der Waals surface area contributed by atoms with Crippen LogP contribution in [-0.4, -0.2) is 47.7 Å². The van der Waals surface area contributed by atoms with Crippen LogP contribution in [0.2, 0.25) is 0 Å². The molecule has 17 heavy (non-hydrogen) atoms. The fourth-order valence-electron chi connectivity index (χ4n) is 1.99. The van der Waals surface area contributed by atoms with Crippen LogP contribution >= 0.6 is 0 Å². The number of rotatable bonds is 6. The largest absolute Gasteiger partial charge is 0.481 e. The van der Waals surface area contributed by atoms with E-state index in [1.807, 2.05) is 13.8 Å². The van der Waals surface area contributed by atoms with Crippen molar-refractivity contribution in [3.8, 4) is 0 Å². The van der Waals surface area contributed by atoms with Crippen molar-refractivity contribution in [2.75, 3.05) is 19.8 Å². The number of aliphatic carboxylic acids is 1. The maximum absolute atomic E-state index is 12.2. The summed E-state index contributed by atoms with van der Waals surface area (Å²) in [6.07, 6.45) is 1.39. The van der Waals surface area contributed by atoms with Crippen LogP contribution in [0.25, 0.3) is 0 Å². The third-order valence-corrected chi connectivity index (χ3v) is 2.98. The van der Waals surface area contributed by atoms with Crippen LogP contribution < -0.4 is 0 Å². The highest BCUT2D eigenvalue weighted by Crippen LogP contribution is 2.17. The van der Waals surface area contributed by atoms with Crippen LogP contribution in [0, 0.1) is 5.92 Å². The van der Waals surface area contributed by atoms with Gasteiger partial charge in [-0.25, -0.2) is 0 Å². The zero-order chi connectivity index (χ0) is 12.8. The predicted octanol–water partition coefficient (Wildman–Crippen LogP) is 1.12. The molecule has 0 aromatic carbocycles. The molecular formula is C12H21NO4. The average Bonchev–Trinajstić information content (AvgIpc) is 2.75. The molecule has 1 fully saturated rings. The molecule has 1 amide bonds. The lowest BCUT2D eigenvalue weighted by Crippen LogP contribution is -2.41. The van der Waals surface area contributed by atoms with Crippen LogP contribution in [0.4, 0.5) is 0 Å². The first-order chi connectivity index (χ1) is 8.02. The lowest BCUT2D eigenvalue weighted by Gasteiger charge is -2.28. The molecule has 1 aliphatic rings. The third kappa shape index (κ3) is 4.34. The summed E-state index contributed by atoms with van der Waals surface area (Å²) in [6.45, 7) is 5.57. The molecule has 1 unspecified atom stereocenters. The Balaban J connectivity index is 2.46. The van der Waals surface area contributed by atoms with Crippen molar-refractivity contribution in [1.82, 2.24) is 4.90 Å². The predicted molar refractivity (Wildman–Crippen MR) is 62.6 cm³/mol. The van der Waals surface area contributed by atoms with Gasteiger partial charge >= 0.3 is 5.97 Å². The van der Waals surface area contributed by atoms with E-state index in [2.05, 4.69) is 0 Å². The molecule has 5 nitrogen and oxygen atoms in total. The number of carboxylic acids is 1. The maximum Gasteiger partial charge on any atom is 0.303 e. The lowest BCUT2D eigenvalue weighted by molar-refractivity contribution is -0.140. The number of hydrogen-bond donors (Lipinski definition) is 1. The highest BCUT2D eigenvalue weighted by atomic mass is 16.5. The highest BCUT2D eigenvalue weighted by Gasteiger charge is 2.29. The Morgan fingerprint density at radius 3 is 2.65 bits per heavy atom. The first-order valence-electron chi connectivity index (χ1n) is 6.12. The first kappa shape index (κ1) is 14.0. The SMILES string of the molecule is CC(C)N(CCCC(=O)O)C(=O)C1CCOC1. The summed E-state index contributed by atoms with van der Waals surface area (Å²) in [5, 5.41) is 8.59. The van der Waals surface area contributed by atoms with Gasteiger partial charge in [0.1, 0.15) is 0 Å². The van der Waals surface area contributed by atoms with E-state index >= 15 is 0 Å². The number of amides is 1. The fourth-order valence-corrected chi connectivity index (χ4v) is 1.99. The van der Waals surface area contributed by atoms with Crippen molar-refractivity contribution in [1.29, 1.82) is 0 Å². The Morgan fingerprint density at radius 2 is 2.18 bits per heavy atom. The molecule has 1 aliphatic heterocycles. The summed E-state index contributed by atoms with van der Waals surface area (Å²) in [6, 6.07) is 0.108. The van der Waals surface area contributed by atoms with E-state index in [9.17, 15) is 9.59 Å². The summed E-state index contributed by atoms with van der Waals surface area (Å²) >= 11 is 0. The van der Waals surface area contributed by atoms with E-state index in [1.165, 1.54) is 0 Å². The Hall–Kier alpha value is -1.10. The van der Waals surface area contributed by atoms with E-state index in [4.69, 9.17) is 9.84 Å². The van der Waals surface area contributed by atoms with Crippen LogP contribution in [0.1, 0.15) is 33.1 Å². The van der Waals surface area contributed by atoms with Gasteiger partial charge in [0.25, 0.3) is 0 Å². The molecular weight excluding hydrogens is 222 g/mol. The second-order valence-electron chi connectivity index (χ2n) is 4.68. The van der Waals surface area contributed by atoms with Crippen molar-refractivity contribution in [3.63, 3.8) is 0 Å². The summed E-state index contributed by atoms with van der Waals surface area (Å²) in [5.74, 6) is -0.754. The number of carbonyl (C=O) groups is 2. The van der Waals surface area contributed by atoms with Gasteiger partial charge in [-0.1, -0.05) is 0 Å². The molecule has 1 N–H and O–H groups in total. The number of carboxylic acid groups (broad SMARTS) is 1. The standard InChI is InChI=1S/C12H21NO4/c1-9(2)13(6-3-4-11(14)15)12(16)10-5-7-17-8-10/h9-10H,3-8H2,1-2H3,(H,14,15). The lowest BCUT2D eigenvalue weighted by atomic mass is 10.1. The molecule has 0 bridgehead atoms. The zero-order valence-corrected chi connectivity index (χ0v) is 10.5. The van der Waals surface area contributed by atoms with Gasteiger partial charge in [0.15, 0.2) is 0 Å². The van der Waals surface area contributed by atoms with Crippen LogP contribution in [0.15, 0.2) is 0 Å². The molecule has 5 heteroatoms. The monoisotopic (exact) mass is 243 g/mol. The first-order valence-corrected chi connectivity index (χ1v) is 6.12. The highest BCUT2D eigenvalue weighted by molar-refractivity contribution is 5.79. The summed E-state index contributed by atoms with van der Waals surface area (Å²) in [5.41, 5.74) is 0. The fraction of sp³-hybridized carbons (Fsp3) is 0.833. The normalized spacial score (nSPS) is 19.6.